The Morgan fingerprint density at radius 3 is 2.73 bits per heavy atom. The lowest BCUT2D eigenvalue weighted by molar-refractivity contribution is -0.123. The van der Waals surface area contributed by atoms with Crippen LogP contribution in [0.15, 0.2) is 4.47 Å². The Balaban J connectivity index is 2.02. The molecular weight excluding hydrogens is 356 g/mol. The van der Waals surface area contributed by atoms with Crippen LogP contribution in [0.4, 0.5) is 8.78 Å². The molecule has 1 heterocycles. The molecule has 4 nitrogen and oxygen atoms in total. The molecule has 1 amide bonds. The molecule has 0 aliphatic heterocycles. The highest BCUT2D eigenvalue weighted by molar-refractivity contribution is 9.10. The predicted octanol–water partition coefficient (Wildman–Crippen LogP) is 3.83. The number of aromatic nitrogens is 2. The Hall–Kier alpha value is -0.980. The first-order valence-electron chi connectivity index (χ1n) is 7.61. The number of carbonyl (C=O) groups excluding carboxylic acids is 1. The fourth-order valence-corrected chi connectivity index (χ4v) is 3.47. The van der Waals surface area contributed by atoms with Gasteiger partial charge in [-0.25, -0.2) is 8.78 Å². The van der Waals surface area contributed by atoms with E-state index in [1.807, 2.05) is 0 Å². The van der Waals surface area contributed by atoms with Crippen LogP contribution in [0.3, 0.4) is 0 Å². The van der Waals surface area contributed by atoms with Crippen molar-refractivity contribution in [3.05, 3.63) is 15.9 Å². The standard InChI is InChI=1S/C15H22BrF2N3O/c1-8-5-4-6-11(9(8)2)19-12(22)7-21-10(3)13(16)14(20-21)15(17)18/h8-9,11,15H,4-7H2,1-3H3,(H,19,22)/t8-,9-,11-/m1/s1. The Bertz CT molecular complexity index is 547. The van der Waals surface area contributed by atoms with E-state index in [1.165, 1.54) is 11.1 Å². The third kappa shape index (κ3) is 3.67. The molecule has 0 aromatic carbocycles. The molecule has 0 bridgehead atoms. The van der Waals surface area contributed by atoms with Gasteiger partial charge in [-0.1, -0.05) is 26.7 Å². The highest BCUT2D eigenvalue weighted by atomic mass is 79.9. The highest BCUT2D eigenvalue weighted by Gasteiger charge is 2.28. The average Bonchev–Trinajstić information content (AvgIpc) is 2.72. The predicted molar refractivity (Wildman–Crippen MR) is 83.7 cm³/mol. The molecule has 0 spiro atoms. The normalized spacial score (nSPS) is 25.5. The number of alkyl halides is 2. The van der Waals surface area contributed by atoms with E-state index >= 15 is 0 Å². The summed E-state index contributed by atoms with van der Waals surface area (Å²) in [4.78, 5) is 12.2. The summed E-state index contributed by atoms with van der Waals surface area (Å²) in [5.74, 6) is 0.842. The molecule has 1 aromatic rings. The van der Waals surface area contributed by atoms with Crippen molar-refractivity contribution in [1.29, 1.82) is 0 Å². The number of hydrogen-bond donors (Lipinski definition) is 1. The van der Waals surface area contributed by atoms with Crippen molar-refractivity contribution in [1.82, 2.24) is 15.1 Å². The van der Waals surface area contributed by atoms with Crippen molar-refractivity contribution in [2.75, 3.05) is 0 Å². The smallest absolute Gasteiger partial charge is 0.283 e. The zero-order valence-electron chi connectivity index (χ0n) is 13.1. The lowest BCUT2D eigenvalue weighted by Gasteiger charge is -2.34. The van der Waals surface area contributed by atoms with Crippen molar-refractivity contribution in [2.24, 2.45) is 11.8 Å². The summed E-state index contributed by atoms with van der Waals surface area (Å²) in [5.41, 5.74) is 0.223. The van der Waals surface area contributed by atoms with E-state index in [4.69, 9.17) is 0 Å². The largest absolute Gasteiger partial charge is 0.351 e. The zero-order chi connectivity index (χ0) is 16.4. The molecule has 1 saturated carbocycles. The van der Waals surface area contributed by atoms with Gasteiger partial charge in [-0.05, 0) is 41.1 Å². The second-order valence-corrected chi connectivity index (χ2v) is 6.98. The number of nitrogens with one attached hydrogen (secondary N) is 1. The number of hydrogen-bond acceptors (Lipinski definition) is 2. The minimum Gasteiger partial charge on any atom is -0.351 e. The van der Waals surface area contributed by atoms with Crippen LogP contribution in [0.25, 0.3) is 0 Å². The van der Waals surface area contributed by atoms with Crippen LogP contribution < -0.4 is 5.32 Å². The fourth-order valence-electron chi connectivity index (χ4n) is 3.02. The molecule has 1 fully saturated rings. The maximum Gasteiger partial charge on any atom is 0.283 e. The van der Waals surface area contributed by atoms with E-state index in [1.54, 1.807) is 6.92 Å². The van der Waals surface area contributed by atoms with Crippen LogP contribution in [0.2, 0.25) is 0 Å². The maximum atomic E-state index is 12.8. The van der Waals surface area contributed by atoms with E-state index in [0.29, 0.717) is 17.5 Å². The number of amides is 1. The molecule has 22 heavy (non-hydrogen) atoms. The molecule has 1 aliphatic carbocycles. The maximum absolute atomic E-state index is 12.8. The van der Waals surface area contributed by atoms with Gasteiger partial charge in [0.2, 0.25) is 5.91 Å². The van der Waals surface area contributed by atoms with Gasteiger partial charge < -0.3 is 5.32 Å². The molecule has 1 aliphatic rings. The summed E-state index contributed by atoms with van der Waals surface area (Å²) in [6, 6.07) is 0.158. The molecule has 1 N–H and O–H groups in total. The minimum absolute atomic E-state index is 0.0330. The summed E-state index contributed by atoms with van der Waals surface area (Å²) in [5, 5.41) is 6.86. The first-order chi connectivity index (χ1) is 10.3. The monoisotopic (exact) mass is 377 g/mol. The van der Waals surface area contributed by atoms with Crippen LogP contribution in [-0.4, -0.2) is 21.7 Å². The number of halogens is 3. The zero-order valence-corrected chi connectivity index (χ0v) is 14.7. The van der Waals surface area contributed by atoms with E-state index in [-0.39, 0.29) is 28.7 Å². The molecule has 0 saturated heterocycles. The summed E-state index contributed by atoms with van der Waals surface area (Å²) in [6.45, 7) is 5.99. The molecule has 2 rings (SSSR count). The van der Waals surface area contributed by atoms with E-state index < -0.39 is 6.43 Å². The quantitative estimate of drug-likeness (QED) is 0.866. The Kier molecular flexibility index (Phi) is 5.58. The Morgan fingerprint density at radius 2 is 2.14 bits per heavy atom. The first kappa shape index (κ1) is 17.4. The van der Waals surface area contributed by atoms with Crippen molar-refractivity contribution < 1.29 is 13.6 Å². The van der Waals surface area contributed by atoms with Gasteiger partial charge in [-0.3, -0.25) is 9.48 Å². The number of rotatable bonds is 4. The third-order valence-corrected chi connectivity index (χ3v) is 5.69. The van der Waals surface area contributed by atoms with Gasteiger partial charge in [0.05, 0.1) is 10.2 Å². The minimum atomic E-state index is -2.66. The average molecular weight is 378 g/mol. The van der Waals surface area contributed by atoms with Gasteiger partial charge in [0, 0.05) is 6.04 Å². The first-order valence-corrected chi connectivity index (χ1v) is 8.40. The van der Waals surface area contributed by atoms with Crippen molar-refractivity contribution in [3.63, 3.8) is 0 Å². The highest BCUT2D eigenvalue weighted by Crippen LogP contribution is 2.30. The van der Waals surface area contributed by atoms with E-state index in [9.17, 15) is 13.6 Å². The molecule has 1 aromatic heterocycles. The third-order valence-electron chi connectivity index (χ3n) is 4.71. The summed E-state index contributed by atoms with van der Waals surface area (Å²) in [7, 11) is 0. The van der Waals surface area contributed by atoms with Gasteiger partial charge >= 0.3 is 0 Å². The van der Waals surface area contributed by atoms with Crippen molar-refractivity contribution >= 4 is 21.8 Å². The second-order valence-electron chi connectivity index (χ2n) is 6.18. The van der Waals surface area contributed by atoms with Crippen LogP contribution in [0.1, 0.15) is 50.9 Å². The van der Waals surface area contributed by atoms with Gasteiger partial charge in [-0.2, -0.15) is 5.10 Å². The van der Waals surface area contributed by atoms with Crippen LogP contribution in [-0.2, 0) is 11.3 Å². The molecule has 0 radical (unpaired) electrons. The fraction of sp³-hybridized carbons (Fsp3) is 0.733. The topological polar surface area (TPSA) is 46.9 Å². The van der Waals surface area contributed by atoms with Gasteiger partial charge in [0.15, 0.2) is 0 Å². The van der Waals surface area contributed by atoms with Gasteiger partial charge in [0.1, 0.15) is 12.2 Å². The van der Waals surface area contributed by atoms with Crippen LogP contribution >= 0.6 is 15.9 Å². The van der Waals surface area contributed by atoms with Gasteiger partial charge in [0.25, 0.3) is 6.43 Å². The summed E-state index contributed by atoms with van der Waals surface area (Å²) in [6.07, 6.45) is 0.618. The summed E-state index contributed by atoms with van der Waals surface area (Å²) < 4.78 is 27.2. The molecular formula is C15H22BrF2N3O. The van der Waals surface area contributed by atoms with Gasteiger partial charge in [-0.15, -0.1) is 0 Å². The number of carbonyl (C=O) groups is 1. The summed E-state index contributed by atoms with van der Waals surface area (Å²) >= 11 is 3.11. The molecule has 124 valence electrons. The number of nitrogens with zero attached hydrogens (tertiary/aromatic N) is 2. The molecule has 3 atom stereocenters. The lowest BCUT2D eigenvalue weighted by atomic mass is 9.78. The molecule has 0 unspecified atom stereocenters. The van der Waals surface area contributed by atoms with Crippen LogP contribution in [0, 0.1) is 18.8 Å². The van der Waals surface area contributed by atoms with E-state index in [0.717, 1.165) is 12.8 Å². The van der Waals surface area contributed by atoms with E-state index in [2.05, 4.69) is 40.2 Å². The Labute approximate surface area is 137 Å². The Morgan fingerprint density at radius 1 is 1.45 bits per heavy atom. The second kappa shape index (κ2) is 7.06. The van der Waals surface area contributed by atoms with Crippen LogP contribution in [0.5, 0.6) is 0 Å². The SMILES string of the molecule is Cc1c(Br)c(C(F)F)nn1CC(=O)N[C@@H]1CCC[C@@H](C)[C@H]1C. The lowest BCUT2D eigenvalue weighted by Crippen LogP contribution is -2.45. The van der Waals surface area contributed by atoms with Crippen molar-refractivity contribution in [2.45, 2.75) is 59.0 Å². The van der Waals surface area contributed by atoms with Crippen molar-refractivity contribution in [3.8, 4) is 0 Å². The molecule has 7 heteroatoms.